The molecule has 3 nitrogen and oxygen atoms in total. The molecule has 0 atom stereocenters. The Balaban J connectivity index is 2.32. The number of nitrogens with zero attached hydrogens (tertiary/aromatic N) is 1. The molecule has 0 amide bonds. The highest BCUT2D eigenvalue weighted by Crippen LogP contribution is 2.24. The number of hydrogen-bond acceptors (Lipinski definition) is 3. The molecule has 0 aliphatic carbocycles. The molecule has 1 fully saturated rings. The smallest absolute Gasteiger partial charge is 0.124 e. The fourth-order valence-electron chi connectivity index (χ4n) is 2.13. The standard InChI is InChI=1S/C13H19N3S/c1-10-3-4-12(11(9-10)13(14)15)16-5-2-7-17-8-6-16/h3-4,9H,2,5-8H2,1H3,(H3,14,15). The van der Waals surface area contributed by atoms with Crippen LogP contribution in [-0.4, -0.2) is 30.4 Å². The number of aryl methyl sites for hydroxylation is 1. The highest BCUT2D eigenvalue weighted by molar-refractivity contribution is 7.99. The average Bonchev–Trinajstić information content (AvgIpc) is 2.57. The van der Waals surface area contributed by atoms with Crippen LogP contribution in [0.3, 0.4) is 0 Å². The summed E-state index contributed by atoms with van der Waals surface area (Å²) in [6.07, 6.45) is 1.20. The highest BCUT2D eigenvalue weighted by Gasteiger charge is 2.14. The van der Waals surface area contributed by atoms with Crippen molar-refractivity contribution in [2.45, 2.75) is 13.3 Å². The lowest BCUT2D eigenvalue weighted by Gasteiger charge is -2.25. The first-order valence-electron chi connectivity index (χ1n) is 5.96. The predicted molar refractivity (Wildman–Crippen MR) is 76.4 cm³/mol. The van der Waals surface area contributed by atoms with Gasteiger partial charge in [-0.3, -0.25) is 5.41 Å². The lowest BCUT2D eigenvalue weighted by Crippen LogP contribution is -2.28. The second-order valence-electron chi connectivity index (χ2n) is 4.39. The number of anilines is 1. The van der Waals surface area contributed by atoms with E-state index < -0.39 is 0 Å². The molecule has 1 heterocycles. The summed E-state index contributed by atoms with van der Waals surface area (Å²) in [5.74, 6) is 2.56. The molecule has 0 unspecified atom stereocenters. The largest absolute Gasteiger partial charge is 0.384 e. The van der Waals surface area contributed by atoms with Crippen molar-refractivity contribution in [1.82, 2.24) is 0 Å². The maximum absolute atomic E-state index is 7.69. The van der Waals surface area contributed by atoms with Crippen LogP contribution in [0.2, 0.25) is 0 Å². The van der Waals surface area contributed by atoms with Crippen LogP contribution in [-0.2, 0) is 0 Å². The van der Waals surface area contributed by atoms with Crippen molar-refractivity contribution in [2.24, 2.45) is 5.73 Å². The maximum atomic E-state index is 7.69. The van der Waals surface area contributed by atoms with E-state index in [2.05, 4.69) is 17.0 Å². The molecule has 17 heavy (non-hydrogen) atoms. The third-order valence-electron chi connectivity index (χ3n) is 3.01. The van der Waals surface area contributed by atoms with E-state index in [4.69, 9.17) is 11.1 Å². The minimum absolute atomic E-state index is 0.167. The molecule has 1 aliphatic heterocycles. The Morgan fingerprint density at radius 2 is 2.18 bits per heavy atom. The summed E-state index contributed by atoms with van der Waals surface area (Å²) in [6.45, 7) is 4.15. The number of nitrogen functional groups attached to an aromatic ring is 1. The van der Waals surface area contributed by atoms with Crippen LogP contribution in [0.1, 0.15) is 17.5 Å². The molecule has 4 heteroatoms. The van der Waals surface area contributed by atoms with Crippen LogP contribution in [0.4, 0.5) is 5.69 Å². The Hall–Kier alpha value is -1.16. The van der Waals surface area contributed by atoms with Crippen LogP contribution in [0.5, 0.6) is 0 Å². The first-order chi connectivity index (χ1) is 8.18. The zero-order chi connectivity index (χ0) is 12.3. The molecule has 0 saturated carbocycles. The lowest BCUT2D eigenvalue weighted by atomic mass is 10.1. The zero-order valence-electron chi connectivity index (χ0n) is 10.2. The van der Waals surface area contributed by atoms with Crippen LogP contribution < -0.4 is 10.6 Å². The molecule has 0 bridgehead atoms. The van der Waals surface area contributed by atoms with E-state index in [9.17, 15) is 0 Å². The second-order valence-corrected chi connectivity index (χ2v) is 5.61. The van der Waals surface area contributed by atoms with Crippen molar-refractivity contribution in [2.75, 3.05) is 29.5 Å². The third kappa shape index (κ3) is 2.94. The number of nitrogens with two attached hydrogens (primary N) is 1. The molecule has 0 aromatic heterocycles. The molecule has 1 aliphatic rings. The van der Waals surface area contributed by atoms with E-state index in [1.807, 2.05) is 24.8 Å². The molecule has 2 rings (SSSR count). The van der Waals surface area contributed by atoms with Crippen molar-refractivity contribution in [3.05, 3.63) is 29.3 Å². The monoisotopic (exact) mass is 249 g/mol. The minimum atomic E-state index is 0.167. The fourth-order valence-corrected chi connectivity index (χ4v) is 3.02. The van der Waals surface area contributed by atoms with Crippen molar-refractivity contribution < 1.29 is 0 Å². The van der Waals surface area contributed by atoms with Gasteiger partial charge in [0.2, 0.25) is 0 Å². The van der Waals surface area contributed by atoms with Gasteiger partial charge in [-0.05, 0) is 31.2 Å². The van der Waals surface area contributed by atoms with Crippen molar-refractivity contribution in [3.63, 3.8) is 0 Å². The predicted octanol–water partition coefficient (Wildman–Crippen LogP) is 2.22. The average molecular weight is 249 g/mol. The SMILES string of the molecule is Cc1ccc(N2CCCSCC2)c(C(=N)N)c1. The zero-order valence-corrected chi connectivity index (χ0v) is 11.0. The van der Waals surface area contributed by atoms with E-state index in [1.165, 1.54) is 12.2 Å². The Bertz CT molecular complexity index is 409. The van der Waals surface area contributed by atoms with Gasteiger partial charge in [-0.15, -0.1) is 0 Å². The number of amidine groups is 1. The Kier molecular flexibility index (Phi) is 3.94. The van der Waals surface area contributed by atoms with E-state index in [1.54, 1.807) is 0 Å². The van der Waals surface area contributed by atoms with Gasteiger partial charge in [-0.1, -0.05) is 11.6 Å². The Labute approximate surface area is 107 Å². The Morgan fingerprint density at radius 1 is 1.35 bits per heavy atom. The molecule has 1 aromatic carbocycles. The van der Waals surface area contributed by atoms with Gasteiger partial charge >= 0.3 is 0 Å². The molecule has 3 N–H and O–H groups in total. The maximum Gasteiger partial charge on any atom is 0.124 e. The lowest BCUT2D eigenvalue weighted by molar-refractivity contribution is 0.815. The molecule has 92 valence electrons. The van der Waals surface area contributed by atoms with Gasteiger partial charge in [-0.2, -0.15) is 11.8 Å². The van der Waals surface area contributed by atoms with E-state index >= 15 is 0 Å². The summed E-state index contributed by atoms with van der Waals surface area (Å²) in [4.78, 5) is 2.36. The van der Waals surface area contributed by atoms with Crippen molar-refractivity contribution in [3.8, 4) is 0 Å². The van der Waals surface area contributed by atoms with E-state index in [0.29, 0.717) is 0 Å². The summed E-state index contributed by atoms with van der Waals surface area (Å²) in [5, 5.41) is 7.69. The molecule has 0 spiro atoms. The molecular formula is C13H19N3S. The molecule has 0 radical (unpaired) electrons. The summed E-state index contributed by atoms with van der Waals surface area (Å²) in [5.41, 5.74) is 8.82. The Morgan fingerprint density at radius 3 is 2.94 bits per heavy atom. The second kappa shape index (κ2) is 5.45. The number of rotatable bonds is 2. The first-order valence-corrected chi connectivity index (χ1v) is 7.11. The summed E-state index contributed by atoms with van der Waals surface area (Å²) in [6, 6.07) is 6.21. The number of thioether (sulfide) groups is 1. The van der Waals surface area contributed by atoms with Gasteiger partial charge in [0.15, 0.2) is 0 Å². The number of nitrogens with one attached hydrogen (secondary N) is 1. The van der Waals surface area contributed by atoms with Gasteiger partial charge in [-0.25, -0.2) is 0 Å². The molecular weight excluding hydrogens is 230 g/mol. The quantitative estimate of drug-likeness (QED) is 0.624. The molecule has 1 aromatic rings. The van der Waals surface area contributed by atoms with E-state index in [0.717, 1.165) is 35.7 Å². The number of benzene rings is 1. The van der Waals surface area contributed by atoms with Crippen LogP contribution in [0.25, 0.3) is 0 Å². The van der Waals surface area contributed by atoms with Gasteiger partial charge in [0, 0.05) is 30.1 Å². The van der Waals surface area contributed by atoms with Gasteiger partial charge in [0.25, 0.3) is 0 Å². The number of hydrogen-bond donors (Lipinski definition) is 2. The molecule has 1 saturated heterocycles. The summed E-state index contributed by atoms with van der Waals surface area (Å²) < 4.78 is 0. The van der Waals surface area contributed by atoms with Crippen LogP contribution >= 0.6 is 11.8 Å². The van der Waals surface area contributed by atoms with E-state index in [-0.39, 0.29) is 5.84 Å². The summed E-state index contributed by atoms with van der Waals surface area (Å²) >= 11 is 2.00. The normalized spacial score (nSPS) is 16.6. The highest BCUT2D eigenvalue weighted by atomic mass is 32.2. The van der Waals surface area contributed by atoms with Crippen molar-refractivity contribution in [1.29, 1.82) is 5.41 Å². The third-order valence-corrected chi connectivity index (χ3v) is 4.05. The van der Waals surface area contributed by atoms with Gasteiger partial charge in [0.05, 0.1) is 0 Å². The van der Waals surface area contributed by atoms with Crippen LogP contribution in [0.15, 0.2) is 18.2 Å². The topological polar surface area (TPSA) is 53.1 Å². The first kappa shape index (κ1) is 12.3. The minimum Gasteiger partial charge on any atom is -0.384 e. The van der Waals surface area contributed by atoms with Crippen molar-refractivity contribution >= 4 is 23.3 Å². The van der Waals surface area contributed by atoms with Gasteiger partial charge in [0.1, 0.15) is 5.84 Å². The van der Waals surface area contributed by atoms with Gasteiger partial charge < -0.3 is 10.6 Å². The van der Waals surface area contributed by atoms with Crippen LogP contribution in [0, 0.1) is 12.3 Å². The summed E-state index contributed by atoms with van der Waals surface area (Å²) in [7, 11) is 0. The fraction of sp³-hybridized carbons (Fsp3) is 0.462.